The average molecular weight is 333 g/mol. The lowest BCUT2D eigenvalue weighted by Gasteiger charge is -2.44. The lowest BCUT2D eigenvalue weighted by atomic mass is 10.1. The second-order valence-corrected chi connectivity index (χ2v) is 5.75. The van der Waals surface area contributed by atoms with E-state index in [1.165, 1.54) is 0 Å². The minimum atomic E-state index is -0.0620. The number of ether oxygens (including phenoxy) is 2. The number of nitrogens with zero attached hydrogens (tertiary/aromatic N) is 2. The Kier molecular flexibility index (Phi) is 4.38. The molecule has 2 saturated heterocycles. The fourth-order valence-corrected chi connectivity index (χ4v) is 3.07. The van der Waals surface area contributed by atoms with Crippen LogP contribution in [0.2, 0.25) is 0 Å². The highest BCUT2D eigenvalue weighted by Crippen LogP contribution is 2.29. The van der Waals surface area contributed by atoms with Crippen molar-refractivity contribution in [1.82, 2.24) is 15.3 Å². The van der Waals surface area contributed by atoms with Gasteiger partial charge < -0.3 is 14.8 Å². The first-order valence-corrected chi connectivity index (χ1v) is 7.89. The molecule has 1 aromatic rings. The first kappa shape index (κ1) is 15.6. The fourth-order valence-electron chi connectivity index (χ4n) is 2.77. The molecule has 0 saturated carbocycles. The van der Waals surface area contributed by atoms with E-state index in [2.05, 4.69) is 5.32 Å². The molecule has 0 radical (unpaired) electrons. The number of rotatable bonds is 3. The number of thiocarbonyl (C=S) groups is 1. The van der Waals surface area contributed by atoms with Gasteiger partial charge in [0.2, 0.25) is 0 Å². The highest BCUT2D eigenvalue weighted by Gasteiger charge is 2.34. The molecule has 7 heteroatoms. The van der Waals surface area contributed by atoms with E-state index in [0.717, 1.165) is 24.9 Å². The van der Waals surface area contributed by atoms with E-state index in [9.17, 15) is 4.79 Å². The van der Waals surface area contributed by atoms with Crippen molar-refractivity contribution in [1.29, 1.82) is 0 Å². The number of hydrazine groups is 1. The van der Waals surface area contributed by atoms with Crippen molar-refractivity contribution in [2.75, 3.05) is 27.3 Å². The van der Waals surface area contributed by atoms with Crippen LogP contribution in [0.15, 0.2) is 23.9 Å². The standard InChI is InChI=1S/C16H19N3O3S/c1-21-13-6-5-11(10-14(13)22-2)9-12-15(20)18-7-3-4-8-19(18)16(23)17-12/h5-6,9-10H,3-4,7-8H2,1-2H3,(H,17,23)/b12-9-. The summed E-state index contributed by atoms with van der Waals surface area (Å²) in [6, 6.07) is 5.51. The van der Waals surface area contributed by atoms with Crippen molar-refractivity contribution in [2.24, 2.45) is 0 Å². The predicted molar refractivity (Wildman–Crippen MR) is 90.9 cm³/mol. The number of nitrogens with one attached hydrogen (secondary N) is 1. The van der Waals surface area contributed by atoms with Crippen LogP contribution in [-0.2, 0) is 4.79 Å². The molecule has 0 unspecified atom stereocenters. The van der Waals surface area contributed by atoms with Gasteiger partial charge in [0.05, 0.1) is 14.2 Å². The van der Waals surface area contributed by atoms with Crippen molar-refractivity contribution in [2.45, 2.75) is 12.8 Å². The van der Waals surface area contributed by atoms with Gasteiger partial charge in [-0.05, 0) is 48.8 Å². The summed E-state index contributed by atoms with van der Waals surface area (Å²) < 4.78 is 10.5. The molecule has 0 spiro atoms. The highest BCUT2D eigenvalue weighted by atomic mass is 32.1. The van der Waals surface area contributed by atoms with Gasteiger partial charge in [0.15, 0.2) is 16.6 Å². The van der Waals surface area contributed by atoms with Crippen molar-refractivity contribution >= 4 is 29.3 Å². The molecule has 0 atom stereocenters. The van der Waals surface area contributed by atoms with Crippen molar-refractivity contribution < 1.29 is 14.3 Å². The van der Waals surface area contributed by atoms with E-state index >= 15 is 0 Å². The zero-order chi connectivity index (χ0) is 16.4. The summed E-state index contributed by atoms with van der Waals surface area (Å²) >= 11 is 5.37. The number of amides is 1. The Bertz CT molecular complexity index is 675. The lowest BCUT2D eigenvalue weighted by molar-refractivity contribution is -0.142. The van der Waals surface area contributed by atoms with E-state index < -0.39 is 0 Å². The van der Waals surface area contributed by atoms with Gasteiger partial charge in [0, 0.05) is 13.1 Å². The minimum absolute atomic E-state index is 0.0620. The maximum atomic E-state index is 12.6. The molecule has 23 heavy (non-hydrogen) atoms. The summed E-state index contributed by atoms with van der Waals surface area (Å²) in [5.74, 6) is 1.20. The minimum Gasteiger partial charge on any atom is -0.493 e. The topological polar surface area (TPSA) is 54.0 Å². The molecule has 1 amide bonds. The van der Waals surface area contributed by atoms with Crippen LogP contribution in [0.3, 0.4) is 0 Å². The number of hydrogen-bond acceptors (Lipinski definition) is 4. The second-order valence-electron chi connectivity index (χ2n) is 5.36. The van der Waals surface area contributed by atoms with Crippen LogP contribution in [0.25, 0.3) is 6.08 Å². The van der Waals surface area contributed by atoms with Crippen LogP contribution >= 0.6 is 12.2 Å². The predicted octanol–water partition coefficient (Wildman–Crippen LogP) is 1.77. The summed E-state index contributed by atoms with van der Waals surface area (Å²) in [6.07, 6.45) is 3.82. The normalized spacial score (nSPS) is 19.5. The Hall–Kier alpha value is -2.28. The first-order valence-electron chi connectivity index (χ1n) is 7.48. The van der Waals surface area contributed by atoms with E-state index in [-0.39, 0.29) is 5.91 Å². The van der Waals surface area contributed by atoms with E-state index in [1.807, 2.05) is 23.2 Å². The summed E-state index contributed by atoms with van der Waals surface area (Å²) in [7, 11) is 3.17. The maximum Gasteiger partial charge on any atom is 0.288 e. The van der Waals surface area contributed by atoms with Crippen LogP contribution in [0, 0.1) is 0 Å². The van der Waals surface area contributed by atoms with Crippen LogP contribution in [0.5, 0.6) is 11.5 Å². The molecule has 0 aromatic heterocycles. The second kappa shape index (κ2) is 6.45. The third-order valence-corrected chi connectivity index (χ3v) is 4.25. The molecule has 1 aromatic carbocycles. The summed E-state index contributed by atoms with van der Waals surface area (Å²) in [5.41, 5.74) is 1.31. The van der Waals surface area contributed by atoms with Gasteiger partial charge in [-0.3, -0.25) is 9.80 Å². The third-order valence-electron chi connectivity index (χ3n) is 3.94. The summed E-state index contributed by atoms with van der Waals surface area (Å²) in [6.45, 7) is 1.48. The number of hydrogen-bond donors (Lipinski definition) is 1. The zero-order valence-corrected chi connectivity index (χ0v) is 14.0. The molecule has 0 bridgehead atoms. The number of methoxy groups -OCH3 is 2. The third kappa shape index (κ3) is 2.96. The lowest BCUT2D eigenvalue weighted by Crippen LogP contribution is -2.61. The van der Waals surface area contributed by atoms with Gasteiger partial charge in [0.25, 0.3) is 5.91 Å². The van der Waals surface area contributed by atoms with Gasteiger partial charge in [-0.25, -0.2) is 5.01 Å². The van der Waals surface area contributed by atoms with Gasteiger partial charge in [-0.2, -0.15) is 0 Å². The molecule has 2 aliphatic heterocycles. The van der Waals surface area contributed by atoms with Crippen LogP contribution < -0.4 is 14.8 Å². The quantitative estimate of drug-likeness (QED) is 0.672. The largest absolute Gasteiger partial charge is 0.493 e. The Labute approximate surface area is 140 Å². The van der Waals surface area contributed by atoms with Gasteiger partial charge >= 0.3 is 0 Å². The Morgan fingerprint density at radius 2 is 1.83 bits per heavy atom. The van der Waals surface area contributed by atoms with Gasteiger partial charge in [-0.15, -0.1) is 0 Å². The molecule has 1 N–H and O–H groups in total. The zero-order valence-electron chi connectivity index (χ0n) is 13.2. The van der Waals surface area contributed by atoms with Gasteiger partial charge in [-0.1, -0.05) is 6.07 Å². The van der Waals surface area contributed by atoms with Crippen LogP contribution in [0.1, 0.15) is 18.4 Å². The van der Waals surface area contributed by atoms with E-state index in [0.29, 0.717) is 28.9 Å². The van der Waals surface area contributed by atoms with Crippen molar-refractivity contribution in [3.63, 3.8) is 0 Å². The number of benzene rings is 1. The fraction of sp³-hybridized carbons (Fsp3) is 0.375. The van der Waals surface area contributed by atoms with E-state index in [1.54, 1.807) is 25.3 Å². The number of fused-ring (bicyclic) bond motifs is 1. The van der Waals surface area contributed by atoms with Crippen molar-refractivity contribution in [3.8, 4) is 11.5 Å². The number of carbonyl (C=O) groups excluding carboxylic acids is 1. The highest BCUT2D eigenvalue weighted by molar-refractivity contribution is 7.80. The first-order chi connectivity index (χ1) is 11.1. The Morgan fingerprint density at radius 3 is 2.52 bits per heavy atom. The van der Waals surface area contributed by atoms with Crippen molar-refractivity contribution in [3.05, 3.63) is 29.5 Å². The smallest absolute Gasteiger partial charge is 0.288 e. The molecule has 0 aliphatic carbocycles. The molecule has 6 nitrogen and oxygen atoms in total. The maximum absolute atomic E-state index is 12.6. The molecule has 2 aliphatic rings. The Morgan fingerprint density at radius 1 is 1.13 bits per heavy atom. The molecule has 122 valence electrons. The van der Waals surface area contributed by atoms with Crippen LogP contribution in [0.4, 0.5) is 0 Å². The molecule has 3 rings (SSSR count). The molecular weight excluding hydrogens is 314 g/mol. The number of carbonyl (C=O) groups is 1. The summed E-state index contributed by atoms with van der Waals surface area (Å²) in [4.78, 5) is 12.6. The molecule has 2 fully saturated rings. The SMILES string of the molecule is COc1ccc(/C=C2\NC(=S)N3CCCCN3C2=O)cc1OC. The summed E-state index contributed by atoms with van der Waals surface area (Å²) in [5, 5.41) is 7.16. The molecule has 2 heterocycles. The van der Waals surface area contributed by atoms with Crippen LogP contribution in [-0.4, -0.2) is 48.3 Å². The Balaban J connectivity index is 1.90. The average Bonchev–Trinajstić information content (AvgIpc) is 2.59. The monoisotopic (exact) mass is 333 g/mol. The van der Waals surface area contributed by atoms with E-state index in [4.69, 9.17) is 21.7 Å². The van der Waals surface area contributed by atoms with Gasteiger partial charge in [0.1, 0.15) is 5.70 Å². The molecular formula is C16H19N3O3S.